The molecule has 0 aliphatic carbocycles. The minimum atomic E-state index is -0.0102. The fraction of sp³-hybridized carbons (Fsp3) is 0.462. The van der Waals surface area contributed by atoms with Gasteiger partial charge in [-0.15, -0.1) is 0 Å². The van der Waals surface area contributed by atoms with E-state index in [-0.39, 0.29) is 6.03 Å². The number of urea groups is 1. The van der Waals surface area contributed by atoms with Crippen LogP contribution in [0.25, 0.3) is 0 Å². The summed E-state index contributed by atoms with van der Waals surface area (Å²) in [5, 5.41) is 6.25. The van der Waals surface area contributed by atoms with Crippen molar-refractivity contribution in [1.82, 2.24) is 10.2 Å². The molecule has 1 aromatic carbocycles. The normalized spacial score (nSPS) is 20.1. The van der Waals surface area contributed by atoms with Gasteiger partial charge in [-0.1, -0.05) is 12.1 Å². The van der Waals surface area contributed by atoms with E-state index in [0.29, 0.717) is 6.04 Å². The molecule has 1 heterocycles. The average Bonchev–Trinajstić information content (AvgIpc) is 2.29. The van der Waals surface area contributed by atoms with Crippen LogP contribution in [0.1, 0.15) is 12.5 Å². The van der Waals surface area contributed by atoms with Gasteiger partial charge in [-0.25, -0.2) is 4.79 Å². The van der Waals surface area contributed by atoms with Crippen LogP contribution in [-0.2, 0) is 0 Å². The number of carbonyl (C=O) groups excluding carboxylic acids is 1. The van der Waals surface area contributed by atoms with Crippen molar-refractivity contribution < 1.29 is 4.79 Å². The summed E-state index contributed by atoms with van der Waals surface area (Å²) in [6.07, 6.45) is 0. The van der Waals surface area contributed by atoms with Crippen LogP contribution >= 0.6 is 0 Å². The van der Waals surface area contributed by atoms with E-state index in [1.54, 1.807) is 0 Å². The molecule has 1 fully saturated rings. The molecule has 4 nitrogen and oxygen atoms in total. The maximum absolute atomic E-state index is 12.0. The van der Waals surface area contributed by atoms with Crippen molar-refractivity contribution >= 4 is 11.7 Å². The van der Waals surface area contributed by atoms with Gasteiger partial charge in [0, 0.05) is 31.4 Å². The number of hydrogen-bond donors (Lipinski definition) is 2. The Labute approximate surface area is 102 Å². The van der Waals surface area contributed by atoms with E-state index >= 15 is 0 Å². The lowest BCUT2D eigenvalue weighted by atomic mass is 10.2. The molecule has 2 rings (SSSR count). The number of piperazine rings is 1. The van der Waals surface area contributed by atoms with Crippen molar-refractivity contribution in [2.75, 3.05) is 25.0 Å². The Hall–Kier alpha value is -1.55. The molecular weight excluding hydrogens is 214 g/mol. The van der Waals surface area contributed by atoms with E-state index < -0.39 is 0 Å². The summed E-state index contributed by atoms with van der Waals surface area (Å²) in [4.78, 5) is 13.9. The van der Waals surface area contributed by atoms with E-state index in [9.17, 15) is 4.79 Å². The summed E-state index contributed by atoms with van der Waals surface area (Å²) < 4.78 is 0. The third-order valence-electron chi connectivity index (χ3n) is 2.93. The molecule has 0 saturated carbocycles. The highest BCUT2D eigenvalue weighted by Gasteiger charge is 2.20. The van der Waals surface area contributed by atoms with Gasteiger partial charge < -0.3 is 15.5 Å². The highest BCUT2D eigenvalue weighted by Crippen LogP contribution is 2.11. The summed E-state index contributed by atoms with van der Waals surface area (Å²) in [5.41, 5.74) is 2.01. The smallest absolute Gasteiger partial charge is 0.321 e. The monoisotopic (exact) mass is 233 g/mol. The maximum atomic E-state index is 12.0. The van der Waals surface area contributed by atoms with Gasteiger partial charge in [0.2, 0.25) is 0 Å². The minimum absolute atomic E-state index is 0.0102. The lowest BCUT2D eigenvalue weighted by Gasteiger charge is -2.31. The van der Waals surface area contributed by atoms with Crippen LogP contribution in [0.2, 0.25) is 0 Å². The van der Waals surface area contributed by atoms with E-state index in [1.165, 1.54) is 0 Å². The van der Waals surface area contributed by atoms with Crippen LogP contribution in [-0.4, -0.2) is 36.6 Å². The maximum Gasteiger partial charge on any atom is 0.321 e. The van der Waals surface area contributed by atoms with E-state index in [4.69, 9.17) is 0 Å². The fourth-order valence-corrected chi connectivity index (χ4v) is 2.04. The first-order valence-electron chi connectivity index (χ1n) is 6.01. The topological polar surface area (TPSA) is 44.4 Å². The van der Waals surface area contributed by atoms with Crippen LogP contribution in [0.4, 0.5) is 10.5 Å². The third-order valence-corrected chi connectivity index (χ3v) is 2.93. The number of nitrogens with one attached hydrogen (secondary N) is 2. The van der Waals surface area contributed by atoms with Crippen LogP contribution in [0.5, 0.6) is 0 Å². The van der Waals surface area contributed by atoms with Crippen LogP contribution < -0.4 is 10.6 Å². The molecule has 2 N–H and O–H groups in total. The second kappa shape index (κ2) is 5.19. The number of aryl methyl sites for hydroxylation is 1. The summed E-state index contributed by atoms with van der Waals surface area (Å²) in [6.45, 7) is 6.50. The Morgan fingerprint density at radius 1 is 1.53 bits per heavy atom. The number of hydrogen-bond acceptors (Lipinski definition) is 2. The van der Waals surface area contributed by atoms with Crippen molar-refractivity contribution in [3.8, 4) is 0 Å². The highest BCUT2D eigenvalue weighted by molar-refractivity contribution is 5.89. The SMILES string of the molecule is Cc1cccc(NC(=O)N2CCN[C@@H](C)C2)c1. The van der Waals surface area contributed by atoms with Gasteiger partial charge in [0.1, 0.15) is 0 Å². The molecule has 2 amide bonds. The first kappa shape index (κ1) is 11.9. The van der Waals surface area contributed by atoms with E-state index in [1.807, 2.05) is 36.1 Å². The lowest BCUT2D eigenvalue weighted by Crippen LogP contribution is -2.52. The van der Waals surface area contributed by atoms with Crippen molar-refractivity contribution in [3.05, 3.63) is 29.8 Å². The Bertz CT molecular complexity index is 405. The average molecular weight is 233 g/mol. The van der Waals surface area contributed by atoms with Gasteiger partial charge in [0.15, 0.2) is 0 Å². The minimum Gasteiger partial charge on any atom is -0.322 e. The number of rotatable bonds is 1. The molecule has 0 aromatic heterocycles. The van der Waals surface area contributed by atoms with Crippen molar-refractivity contribution in [3.63, 3.8) is 0 Å². The van der Waals surface area contributed by atoms with Crippen LogP contribution in [0.3, 0.4) is 0 Å². The molecule has 0 spiro atoms. The van der Waals surface area contributed by atoms with Crippen LogP contribution in [0.15, 0.2) is 24.3 Å². The Balaban J connectivity index is 1.96. The van der Waals surface area contributed by atoms with Crippen LogP contribution in [0, 0.1) is 6.92 Å². The summed E-state index contributed by atoms with van der Waals surface area (Å²) in [5.74, 6) is 0. The molecule has 1 aliphatic heterocycles. The first-order valence-corrected chi connectivity index (χ1v) is 6.01. The summed E-state index contributed by atoms with van der Waals surface area (Å²) in [6, 6.07) is 8.21. The number of anilines is 1. The number of amides is 2. The second-order valence-electron chi connectivity index (χ2n) is 4.60. The fourth-order valence-electron chi connectivity index (χ4n) is 2.04. The molecule has 0 radical (unpaired) electrons. The van der Waals surface area contributed by atoms with Gasteiger partial charge in [-0.3, -0.25) is 0 Å². The van der Waals surface area contributed by atoms with E-state index in [2.05, 4.69) is 17.6 Å². The van der Waals surface area contributed by atoms with Gasteiger partial charge in [0.25, 0.3) is 0 Å². The molecule has 1 saturated heterocycles. The molecule has 1 aliphatic rings. The molecule has 4 heteroatoms. The van der Waals surface area contributed by atoms with Crippen molar-refractivity contribution in [2.24, 2.45) is 0 Å². The van der Waals surface area contributed by atoms with Gasteiger partial charge in [-0.2, -0.15) is 0 Å². The van der Waals surface area contributed by atoms with Gasteiger partial charge in [-0.05, 0) is 31.5 Å². The highest BCUT2D eigenvalue weighted by atomic mass is 16.2. The Morgan fingerprint density at radius 2 is 2.35 bits per heavy atom. The number of benzene rings is 1. The lowest BCUT2D eigenvalue weighted by molar-refractivity contribution is 0.192. The van der Waals surface area contributed by atoms with Crippen molar-refractivity contribution in [1.29, 1.82) is 0 Å². The zero-order valence-corrected chi connectivity index (χ0v) is 10.4. The summed E-state index contributed by atoms with van der Waals surface area (Å²) in [7, 11) is 0. The molecule has 0 bridgehead atoms. The summed E-state index contributed by atoms with van der Waals surface area (Å²) >= 11 is 0. The number of nitrogens with zero attached hydrogens (tertiary/aromatic N) is 1. The Kier molecular flexibility index (Phi) is 3.64. The quantitative estimate of drug-likeness (QED) is 0.777. The first-order chi connectivity index (χ1) is 8.15. The van der Waals surface area contributed by atoms with Gasteiger partial charge >= 0.3 is 6.03 Å². The molecular formula is C13H19N3O. The van der Waals surface area contributed by atoms with E-state index in [0.717, 1.165) is 30.9 Å². The second-order valence-corrected chi connectivity index (χ2v) is 4.60. The zero-order valence-electron chi connectivity index (χ0n) is 10.4. The largest absolute Gasteiger partial charge is 0.322 e. The zero-order chi connectivity index (χ0) is 12.3. The molecule has 1 aromatic rings. The van der Waals surface area contributed by atoms with Gasteiger partial charge in [0.05, 0.1) is 0 Å². The number of carbonyl (C=O) groups is 1. The van der Waals surface area contributed by atoms with Crippen molar-refractivity contribution in [2.45, 2.75) is 19.9 Å². The predicted molar refractivity (Wildman–Crippen MR) is 69.2 cm³/mol. The Morgan fingerprint density at radius 3 is 3.06 bits per heavy atom. The predicted octanol–water partition coefficient (Wildman–Crippen LogP) is 1.82. The molecule has 1 atom stereocenters. The molecule has 0 unspecified atom stereocenters. The molecule has 92 valence electrons. The third kappa shape index (κ3) is 3.20. The standard InChI is InChI=1S/C13H19N3O/c1-10-4-3-5-12(8-10)15-13(17)16-7-6-14-11(2)9-16/h3-5,8,11,14H,6-7,9H2,1-2H3,(H,15,17)/t11-/m0/s1. The molecule has 17 heavy (non-hydrogen) atoms.